The molecule has 0 radical (unpaired) electrons. The van der Waals surface area contributed by atoms with Gasteiger partial charge in [0.05, 0.1) is 18.2 Å². The first-order valence-corrected chi connectivity index (χ1v) is 8.35. The summed E-state index contributed by atoms with van der Waals surface area (Å²) in [5, 5.41) is 0.120. The fraction of sp³-hybridized carbons (Fsp3) is 0.429. The number of rotatable bonds is 6. The predicted octanol–water partition coefficient (Wildman–Crippen LogP) is 1.35. The number of nitrogens with one attached hydrogen (secondary N) is 1. The Kier molecular flexibility index (Phi) is 7.15. The van der Waals surface area contributed by atoms with E-state index in [1.165, 1.54) is 12.1 Å². The summed E-state index contributed by atoms with van der Waals surface area (Å²) in [6.07, 6.45) is 0. The Labute approximate surface area is 130 Å². The van der Waals surface area contributed by atoms with E-state index >= 15 is 0 Å². The molecule has 1 unspecified atom stereocenters. The summed E-state index contributed by atoms with van der Waals surface area (Å²) >= 11 is 6.03. The number of sulfonamides is 1. The summed E-state index contributed by atoms with van der Waals surface area (Å²) in [5.74, 6) is 5.48. The molecule has 0 fully saturated rings. The molecule has 1 aromatic carbocycles. The molecule has 21 heavy (non-hydrogen) atoms. The van der Waals surface area contributed by atoms with E-state index in [0.29, 0.717) is 18.8 Å². The van der Waals surface area contributed by atoms with Gasteiger partial charge >= 0.3 is 0 Å². The Morgan fingerprint density at radius 2 is 2.19 bits per heavy atom. The van der Waals surface area contributed by atoms with Gasteiger partial charge in [0.1, 0.15) is 4.90 Å². The molecule has 0 spiro atoms. The largest absolute Gasteiger partial charge is 0.380 e. The molecule has 0 aliphatic carbocycles. The van der Waals surface area contributed by atoms with Crippen molar-refractivity contribution in [3.63, 3.8) is 0 Å². The first kappa shape index (κ1) is 18.0. The van der Waals surface area contributed by atoms with Gasteiger partial charge in [0, 0.05) is 18.2 Å². The lowest BCUT2D eigenvalue weighted by Gasteiger charge is -2.14. The van der Waals surface area contributed by atoms with Gasteiger partial charge in [0.2, 0.25) is 10.0 Å². The van der Waals surface area contributed by atoms with E-state index in [-0.39, 0.29) is 22.5 Å². The van der Waals surface area contributed by atoms with Crippen LogP contribution >= 0.6 is 11.6 Å². The van der Waals surface area contributed by atoms with E-state index in [9.17, 15) is 8.42 Å². The van der Waals surface area contributed by atoms with Crippen molar-refractivity contribution in [1.82, 2.24) is 4.72 Å². The lowest BCUT2D eigenvalue weighted by molar-refractivity contribution is 0.133. The quantitative estimate of drug-likeness (QED) is 0.771. The van der Waals surface area contributed by atoms with Crippen LogP contribution < -0.4 is 10.5 Å². The van der Waals surface area contributed by atoms with Gasteiger partial charge in [-0.05, 0) is 32.0 Å². The number of halogens is 1. The van der Waals surface area contributed by atoms with Crippen LogP contribution in [0.25, 0.3) is 0 Å². The SMILES string of the molecule is CCOCC(C)NS(=O)(=O)c1ccc(C#CCN)cc1Cl. The van der Waals surface area contributed by atoms with Crippen LogP contribution in [-0.4, -0.2) is 34.2 Å². The van der Waals surface area contributed by atoms with Gasteiger partial charge in [-0.3, -0.25) is 0 Å². The summed E-state index contributed by atoms with van der Waals surface area (Å²) in [5.41, 5.74) is 5.90. The number of nitrogens with two attached hydrogens (primary N) is 1. The Hall–Kier alpha value is -1.10. The maximum atomic E-state index is 12.2. The first-order valence-electron chi connectivity index (χ1n) is 6.49. The highest BCUT2D eigenvalue weighted by molar-refractivity contribution is 7.89. The molecule has 0 bridgehead atoms. The predicted molar refractivity (Wildman–Crippen MR) is 83.7 cm³/mol. The lowest BCUT2D eigenvalue weighted by Crippen LogP contribution is -2.36. The van der Waals surface area contributed by atoms with Crippen LogP contribution in [0.15, 0.2) is 23.1 Å². The molecule has 0 saturated carbocycles. The molecule has 0 heterocycles. The molecule has 3 N–H and O–H groups in total. The third-order valence-electron chi connectivity index (χ3n) is 2.48. The molecule has 1 aromatic rings. The molecule has 116 valence electrons. The molecule has 1 atom stereocenters. The molecule has 0 saturated heterocycles. The number of ether oxygens (including phenoxy) is 1. The smallest absolute Gasteiger partial charge is 0.242 e. The van der Waals surface area contributed by atoms with Crippen molar-refractivity contribution in [3.8, 4) is 11.8 Å². The topological polar surface area (TPSA) is 81.4 Å². The third kappa shape index (κ3) is 5.65. The summed E-state index contributed by atoms with van der Waals surface area (Å²) in [6.45, 7) is 4.63. The second-order valence-electron chi connectivity index (χ2n) is 4.33. The normalized spacial score (nSPS) is 12.6. The van der Waals surface area contributed by atoms with Crippen LogP contribution in [0.5, 0.6) is 0 Å². The first-order chi connectivity index (χ1) is 9.90. The van der Waals surface area contributed by atoms with E-state index in [2.05, 4.69) is 16.6 Å². The van der Waals surface area contributed by atoms with Gasteiger partial charge < -0.3 is 10.5 Å². The second-order valence-corrected chi connectivity index (χ2v) is 6.42. The van der Waals surface area contributed by atoms with Gasteiger partial charge in [-0.1, -0.05) is 23.4 Å². The maximum Gasteiger partial charge on any atom is 0.242 e. The van der Waals surface area contributed by atoms with Crippen LogP contribution in [0.3, 0.4) is 0 Å². The zero-order valence-corrected chi connectivity index (χ0v) is 13.6. The molecular formula is C14H19ClN2O3S. The van der Waals surface area contributed by atoms with Gasteiger partial charge in [-0.2, -0.15) is 0 Å². The van der Waals surface area contributed by atoms with E-state index in [1.54, 1.807) is 13.0 Å². The molecule has 0 aliphatic heterocycles. The Balaban J connectivity index is 2.93. The highest BCUT2D eigenvalue weighted by atomic mass is 35.5. The van der Waals surface area contributed by atoms with Crippen LogP contribution in [0, 0.1) is 11.8 Å². The lowest BCUT2D eigenvalue weighted by atomic mass is 10.2. The van der Waals surface area contributed by atoms with Crippen LogP contribution in [-0.2, 0) is 14.8 Å². The molecule has 7 heteroatoms. The summed E-state index contributed by atoms with van der Waals surface area (Å²) in [4.78, 5) is 0.0193. The molecule has 1 rings (SSSR count). The molecular weight excluding hydrogens is 312 g/mol. The van der Waals surface area contributed by atoms with Crippen molar-refractivity contribution in [2.24, 2.45) is 5.73 Å². The van der Waals surface area contributed by atoms with Crippen LogP contribution in [0.1, 0.15) is 19.4 Å². The zero-order valence-electron chi connectivity index (χ0n) is 12.0. The van der Waals surface area contributed by atoms with Crippen molar-refractivity contribution >= 4 is 21.6 Å². The van der Waals surface area contributed by atoms with Crippen molar-refractivity contribution in [2.75, 3.05) is 19.8 Å². The van der Waals surface area contributed by atoms with Crippen molar-refractivity contribution in [3.05, 3.63) is 28.8 Å². The average molecular weight is 331 g/mol. The summed E-state index contributed by atoms with van der Waals surface area (Å²) < 4.78 is 32.2. The molecule has 0 aromatic heterocycles. The minimum absolute atomic E-state index is 0.0193. The van der Waals surface area contributed by atoms with E-state index in [0.717, 1.165) is 0 Å². The Bertz CT molecular complexity index is 635. The fourth-order valence-corrected chi connectivity index (χ4v) is 3.38. The molecule has 0 amide bonds. The fourth-order valence-electron chi connectivity index (χ4n) is 1.61. The van der Waals surface area contributed by atoms with Crippen molar-refractivity contribution < 1.29 is 13.2 Å². The zero-order chi connectivity index (χ0) is 15.9. The minimum Gasteiger partial charge on any atom is -0.380 e. The summed E-state index contributed by atoms with van der Waals surface area (Å²) in [7, 11) is -3.69. The number of hydrogen-bond acceptors (Lipinski definition) is 4. The highest BCUT2D eigenvalue weighted by Gasteiger charge is 2.20. The number of benzene rings is 1. The monoisotopic (exact) mass is 330 g/mol. The van der Waals surface area contributed by atoms with Crippen molar-refractivity contribution in [2.45, 2.75) is 24.8 Å². The standard InChI is InChI=1S/C14H19ClN2O3S/c1-3-20-10-11(2)17-21(18,19)14-7-6-12(5-4-8-16)9-13(14)15/h6-7,9,11,17H,3,8,10,16H2,1-2H3. The Morgan fingerprint density at radius 3 is 2.76 bits per heavy atom. The van der Waals surface area contributed by atoms with Gasteiger partial charge in [0.25, 0.3) is 0 Å². The molecule has 5 nitrogen and oxygen atoms in total. The third-order valence-corrected chi connectivity index (χ3v) is 4.56. The van der Waals surface area contributed by atoms with E-state index in [4.69, 9.17) is 22.1 Å². The minimum atomic E-state index is -3.69. The van der Waals surface area contributed by atoms with Crippen LogP contribution in [0.4, 0.5) is 0 Å². The van der Waals surface area contributed by atoms with Gasteiger partial charge in [0.15, 0.2) is 0 Å². The number of hydrogen-bond donors (Lipinski definition) is 2. The maximum absolute atomic E-state index is 12.2. The van der Waals surface area contributed by atoms with Crippen molar-refractivity contribution in [1.29, 1.82) is 0 Å². The van der Waals surface area contributed by atoms with Crippen LogP contribution in [0.2, 0.25) is 5.02 Å². The molecule has 0 aliphatic rings. The Morgan fingerprint density at radius 1 is 1.48 bits per heavy atom. The summed E-state index contributed by atoms with van der Waals surface area (Å²) in [6, 6.07) is 4.18. The van der Waals surface area contributed by atoms with E-state index < -0.39 is 10.0 Å². The average Bonchev–Trinajstić information content (AvgIpc) is 2.42. The highest BCUT2D eigenvalue weighted by Crippen LogP contribution is 2.22. The van der Waals surface area contributed by atoms with Gasteiger partial charge in [-0.25, -0.2) is 13.1 Å². The second kappa shape index (κ2) is 8.37. The van der Waals surface area contributed by atoms with E-state index in [1.807, 2.05) is 6.92 Å². The van der Waals surface area contributed by atoms with Gasteiger partial charge in [-0.15, -0.1) is 0 Å².